The van der Waals surface area contributed by atoms with Gasteiger partial charge in [-0.3, -0.25) is 4.79 Å². The van der Waals surface area contributed by atoms with Gasteiger partial charge >= 0.3 is 0 Å². The van der Waals surface area contributed by atoms with Gasteiger partial charge < -0.3 is 4.90 Å². The maximum absolute atomic E-state index is 12.9. The van der Waals surface area contributed by atoms with Crippen LogP contribution in [0.4, 0.5) is 5.69 Å². The first-order valence-electron chi connectivity index (χ1n) is 9.83. The molecule has 1 N–H and O–H groups in total. The highest BCUT2D eigenvalue weighted by Gasteiger charge is 2.36. The van der Waals surface area contributed by atoms with Crippen molar-refractivity contribution in [1.82, 2.24) is 4.72 Å². The van der Waals surface area contributed by atoms with E-state index in [9.17, 15) is 21.6 Å². The third-order valence-corrected chi connectivity index (χ3v) is 8.26. The molecule has 1 aliphatic heterocycles. The normalized spacial score (nSPS) is 17.6. The molecule has 2 aromatic carbocycles. The molecular formula is C21H24N2O5S2. The largest absolute Gasteiger partial charge is 0.312 e. The van der Waals surface area contributed by atoms with Crippen LogP contribution in [-0.2, 0) is 31.1 Å². The van der Waals surface area contributed by atoms with E-state index in [-0.39, 0.29) is 21.6 Å². The second-order valence-electron chi connectivity index (χ2n) is 7.99. The number of benzene rings is 2. The Hall–Kier alpha value is -2.23. The molecule has 1 fully saturated rings. The zero-order valence-corrected chi connectivity index (χ0v) is 18.5. The highest BCUT2D eigenvalue weighted by Crippen LogP contribution is 2.37. The number of nitrogens with zero attached hydrogens (tertiary/aromatic N) is 1. The molecule has 0 saturated heterocycles. The molecule has 0 radical (unpaired) electrons. The second-order valence-corrected chi connectivity index (χ2v) is 11.7. The van der Waals surface area contributed by atoms with Crippen LogP contribution in [0.1, 0.15) is 36.9 Å². The summed E-state index contributed by atoms with van der Waals surface area (Å²) < 4.78 is 51.6. The molecule has 1 amide bonds. The van der Waals surface area contributed by atoms with Gasteiger partial charge in [0, 0.05) is 30.4 Å². The molecule has 0 aromatic heterocycles. The number of nitrogens with one attached hydrogen (secondary N) is 1. The lowest BCUT2D eigenvalue weighted by Gasteiger charge is -2.18. The number of rotatable bonds is 6. The van der Waals surface area contributed by atoms with Crippen molar-refractivity contribution in [2.45, 2.75) is 42.0 Å². The van der Waals surface area contributed by atoms with Crippen molar-refractivity contribution < 1.29 is 21.6 Å². The maximum atomic E-state index is 12.9. The fourth-order valence-corrected chi connectivity index (χ4v) is 5.61. The van der Waals surface area contributed by atoms with Gasteiger partial charge in [-0.15, -0.1) is 0 Å². The molecule has 4 rings (SSSR count). The van der Waals surface area contributed by atoms with E-state index in [2.05, 4.69) is 4.72 Å². The fourth-order valence-electron chi connectivity index (χ4n) is 3.70. The zero-order chi connectivity index (χ0) is 21.7. The fraction of sp³-hybridized carbons (Fsp3) is 0.381. The van der Waals surface area contributed by atoms with Gasteiger partial charge in [0.25, 0.3) is 0 Å². The van der Waals surface area contributed by atoms with Crippen molar-refractivity contribution in [3.8, 4) is 0 Å². The molecule has 30 heavy (non-hydrogen) atoms. The van der Waals surface area contributed by atoms with Gasteiger partial charge in [0.15, 0.2) is 9.84 Å². The molecule has 0 spiro atoms. The molecule has 7 nitrogen and oxygen atoms in total. The summed E-state index contributed by atoms with van der Waals surface area (Å²) in [5.41, 5.74) is 2.32. The standard InChI is InChI=1S/C21H24N2O5S2/c1-14(15-5-7-18(8-6-15)29(2,25)26)22-30(27,28)19-9-10-20-17(13-19)11-12-23(20)21(24)16-3-4-16/h5-10,13-14,16,22H,3-4,11-12H2,1-2H3/t14-/m1/s1. The van der Waals surface area contributed by atoms with Crippen LogP contribution in [0.3, 0.4) is 0 Å². The molecule has 2 aliphatic rings. The van der Waals surface area contributed by atoms with Gasteiger partial charge in [0.05, 0.1) is 9.79 Å². The topological polar surface area (TPSA) is 101 Å². The minimum atomic E-state index is -3.78. The smallest absolute Gasteiger partial charge is 0.241 e. The predicted molar refractivity (Wildman–Crippen MR) is 114 cm³/mol. The van der Waals surface area contributed by atoms with Crippen molar-refractivity contribution in [2.75, 3.05) is 17.7 Å². The highest BCUT2D eigenvalue weighted by atomic mass is 32.2. The number of carbonyl (C=O) groups is 1. The lowest BCUT2D eigenvalue weighted by molar-refractivity contribution is -0.119. The average molecular weight is 449 g/mol. The van der Waals surface area contributed by atoms with Crippen LogP contribution in [0.15, 0.2) is 52.3 Å². The summed E-state index contributed by atoms with van der Waals surface area (Å²) in [4.78, 5) is 14.5. The summed E-state index contributed by atoms with van der Waals surface area (Å²) in [6.45, 7) is 2.29. The van der Waals surface area contributed by atoms with E-state index in [4.69, 9.17) is 0 Å². The van der Waals surface area contributed by atoms with Gasteiger partial charge in [-0.25, -0.2) is 21.6 Å². The van der Waals surface area contributed by atoms with Crippen LogP contribution in [0, 0.1) is 5.92 Å². The number of fused-ring (bicyclic) bond motifs is 1. The quantitative estimate of drug-likeness (QED) is 0.732. The number of sulfone groups is 1. The van der Waals surface area contributed by atoms with E-state index in [1.54, 1.807) is 36.1 Å². The third-order valence-electron chi connectivity index (χ3n) is 5.59. The maximum Gasteiger partial charge on any atom is 0.241 e. The Labute approximate surface area is 177 Å². The predicted octanol–water partition coefficient (Wildman–Crippen LogP) is 2.43. The molecule has 1 atom stereocenters. The van der Waals surface area contributed by atoms with Crippen molar-refractivity contribution in [3.05, 3.63) is 53.6 Å². The van der Waals surface area contributed by atoms with E-state index < -0.39 is 25.9 Å². The first-order valence-corrected chi connectivity index (χ1v) is 13.2. The molecule has 2 aromatic rings. The van der Waals surface area contributed by atoms with Crippen LogP contribution in [-0.4, -0.2) is 35.5 Å². The molecule has 160 valence electrons. The Bertz CT molecular complexity index is 1200. The number of anilines is 1. The van der Waals surface area contributed by atoms with Crippen molar-refractivity contribution in [3.63, 3.8) is 0 Å². The van der Waals surface area contributed by atoms with Crippen LogP contribution >= 0.6 is 0 Å². The monoisotopic (exact) mass is 448 g/mol. The number of sulfonamides is 1. The molecule has 1 heterocycles. The summed E-state index contributed by atoms with van der Waals surface area (Å²) in [6, 6.07) is 10.5. The van der Waals surface area contributed by atoms with Crippen molar-refractivity contribution in [1.29, 1.82) is 0 Å². The van der Waals surface area contributed by atoms with E-state index in [0.29, 0.717) is 18.5 Å². The lowest BCUT2D eigenvalue weighted by Crippen LogP contribution is -2.30. The summed E-state index contributed by atoms with van der Waals surface area (Å²) in [5, 5.41) is 0. The van der Waals surface area contributed by atoms with Crippen molar-refractivity contribution in [2.24, 2.45) is 5.92 Å². The van der Waals surface area contributed by atoms with Gasteiger partial charge in [0.1, 0.15) is 0 Å². The minimum Gasteiger partial charge on any atom is -0.312 e. The Morgan fingerprint density at radius 1 is 1.03 bits per heavy atom. The average Bonchev–Trinajstić information content (AvgIpc) is 3.45. The van der Waals surface area contributed by atoms with E-state index in [1.807, 2.05) is 0 Å². The molecular weight excluding hydrogens is 424 g/mol. The number of carbonyl (C=O) groups excluding carboxylic acids is 1. The minimum absolute atomic E-state index is 0.121. The summed E-state index contributed by atoms with van der Waals surface area (Å²) in [5.74, 6) is 0.254. The van der Waals surface area contributed by atoms with E-state index in [1.165, 1.54) is 18.2 Å². The molecule has 0 unspecified atom stereocenters. The SMILES string of the molecule is C[C@@H](NS(=O)(=O)c1ccc2c(c1)CCN2C(=O)C1CC1)c1ccc(S(C)(=O)=O)cc1. The second kappa shape index (κ2) is 7.47. The van der Waals surface area contributed by atoms with E-state index >= 15 is 0 Å². The van der Waals surface area contributed by atoms with Gasteiger partial charge in [-0.05, 0) is 67.6 Å². The van der Waals surface area contributed by atoms with Gasteiger partial charge in [-0.2, -0.15) is 0 Å². The van der Waals surface area contributed by atoms with Crippen LogP contribution < -0.4 is 9.62 Å². The molecule has 1 aliphatic carbocycles. The number of hydrogen-bond acceptors (Lipinski definition) is 5. The first kappa shape index (κ1) is 21.0. The third kappa shape index (κ3) is 4.14. The Morgan fingerprint density at radius 2 is 1.67 bits per heavy atom. The summed E-state index contributed by atoms with van der Waals surface area (Å²) in [6.07, 6.45) is 3.63. The van der Waals surface area contributed by atoms with Crippen LogP contribution in [0.25, 0.3) is 0 Å². The molecule has 0 bridgehead atoms. The molecule has 1 saturated carbocycles. The van der Waals surface area contributed by atoms with Gasteiger partial charge in [0.2, 0.25) is 15.9 Å². The molecule has 9 heteroatoms. The van der Waals surface area contributed by atoms with Crippen molar-refractivity contribution >= 4 is 31.5 Å². The zero-order valence-electron chi connectivity index (χ0n) is 16.8. The van der Waals surface area contributed by atoms with E-state index in [0.717, 1.165) is 30.3 Å². The van der Waals surface area contributed by atoms with Crippen LogP contribution in [0.5, 0.6) is 0 Å². The number of hydrogen-bond donors (Lipinski definition) is 1. The summed E-state index contributed by atoms with van der Waals surface area (Å²) >= 11 is 0. The number of amides is 1. The first-order chi connectivity index (χ1) is 14.1. The lowest BCUT2D eigenvalue weighted by atomic mass is 10.1. The highest BCUT2D eigenvalue weighted by molar-refractivity contribution is 7.90. The van der Waals surface area contributed by atoms with Gasteiger partial charge in [-0.1, -0.05) is 12.1 Å². The Kier molecular flexibility index (Phi) is 5.24. The summed E-state index contributed by atoms with van der Waals surface area (Å²) in [7, 11) is -7.09. The van der Waals surface area contributed by atoms with Crippen LogP contribution in [0.2, 0.25) is 0 Å². The Morgan fingerprint density at radius 3 is 2.27 bits per heavy atom. The Balaban J connectivity index is 1.52.